The van der Waals surface area contributed by atoms with Crippen LogP contribution >= 0.6 is 0 Å². The summed E-state index contributed by atoms with van der Waals surface area (Å²) in [5.74, 6) is -1.18. The van der Waals surface area contributed by atoms with Gasteiger partial charge in [0.15, 0.2) is 0 Å². The summed E-state index contributed by atoms with van der Waals surface area (Å²) in [6.45, 7) is 1.71. The van der Waals surface area contributed by atoms with Crippen molar-refractivity contribution in [3.8, 4) is 11.1 Å². The number of benzene rings is 2. The first-order chi connectivity index (χ1) is 15.1. The van der Waals surface area contributed by atoms with Gasteiger partial charge in [0.2, 0.25) is 0 Å². The Labute approximate surface area is 181 Å². The van der Waals surface area contributed by atoms with Crippen LogP contribution in [0, 0.1) is 0 Å². The molecule has 2 aromatic rings. The Morgan fingerprint density at radius 2 is 1.65 bits per heavy atom. The largest absolute Gasteiger partial charge is 0.480 e. The highest BCUT2D eigenvalue weighted by molar-refractivity contribution is 5.81. The minimum atomic E-state index is -1.11. The Morgan fingerprint density at radius 3 is 2.26 bits per heavy atom. The average Bonchev–Trinajstić information content (AvgIpc) is 3.11. The Balaban J connectivity index is 1.31. The number of alkyl carbamates (subject to hydrolysis) is 1. The number of carboxylic acids is 1. The summed E-state index contributed by atoms with van der Waals surface area (Å²) in [4.78, 5) is 23.9. The molecule has 4 rings (SSSR count). The van der Waals surface area contributed by atoms with Crippen molar-refractivity contribution in [3.63, 3.8) is 0 Å². The number of hydrogen-bond acceptors (Lipinski definition) is 5. The van der Waals surface area contributed by atoms with E-state index >= 15 is 0 Å². The molecule has 2 aromatic carbocycles. The van der Waals surface area contributed by atoms with Gasteiger partial charge in [-0.1, -0.05) is 48.5 Å². The Kier molecular flexibility index (Phi) is 6.84. The maximum atomic E-state index is 12.3. The van der Waals surface area contributed by atoms with Gasteiger partial charge in [0.1, 0.15) is 12.6 Å². The van der Waals surface area contributed by atoms with E-state index in [1.54, 1.807) is 0 Å². The fourth-order valence-electron chi connectivity index (χ4n) is 4.23. The molecule has 1 heterocycles. The van der Waals surface area contributed by atoms with Crippen molar-refractivity contribution in [2.45, 2.75) is 37.3 Å². The number of amides is 1. The number of carbonyl (C=O) groups excluding carboxylic acids is 1. The molecule has 7 nitrogen and oxygen atoms in total. The van der Waals surface area contributed by atoms with Crippen molar-refractivity contribution in [2.75, 3.05) is 26.4 Å². The molecule has 1 aliphatic heterocycles. The first-order valence-electron chi connectivity index (χ1n) is 10.7. The van der Waals surface area contributed by atoms with Crippen LogP contribution in [0.1, 0.15) is 36.3 Å². The van der Waals surface area contributed by atoms with E-state index < -0.39 is 18.1 Å². The van der Waals surface area contributed by atoms with Crippen LogP contribution in [0.4, 0.5) is 4.79 Å². The van der Waals surface area contributed by atoms with Crippen molar-refractivity contribution in [1.82, 2.24) is 5.32 Å². The molecule has 0 spiro atoms. The second-order valence-electron chi connectivity index (χ2n) is 7.83. The highest BCUT2D eigenvalue weighted by Gasteiger charge is 2.29. The fraction of sp³-hybridized carbons (Fsp3) is 0.417. The molecular formula is C24H27NO6. The first kappa shape index (κ1) is 21.3. The zero-order valence-corrected chi connectivity index (χ0v) is 17.3. The van der Waals surface area contributed by atoms with Crippen LogP contribution in [0.15, 0.2) is 48.5 Å². The second kappa shape index (κ2) is 9.94. The van der Waals surface area contributed by atoms with Gasteiger partial charge in [-0.3, -0.25) is 0 Å². The van der Waals surface area contributed by atoms with Gasteiger partial charge in [0.05, 0.1) is 6.10 Å². The third-order valence-electron chi connectivity index (χ3n) is 5.86. The van der Waals surface area contributed by atoms with Crippen LogP contribution in [-0.2, 0) is 19.0 Å². The normalized spacial score (nSPS) is 16.9. The highest BCUT2D eigenvalue weighted by atomic mass is 16.5. The first-order valence-corrected chi connectivity index (χ1v) is 10.7. The zero-order valence-electron chi connectivity index (χ0n) is 17.3. The third-order valence-corrected chi connectivity index (χ3v) is 5.86. The quantitative estimate of drug-likeness (QED) is 0.672. The third kappa shape index (κ3) is 5.06. The predicted octanol–water partition coefficient (Wildman–Crippen LogP) is 3.56. The summed E-state index contributed by atoms with van der Waals surface area (Å²) in [7, 11) is 0. The van der Waals surface area contributed by atoms with E-state index in [2.05, 4.69) is 17.4 Å². The lowest BCUT2D eigenvalue weighted by Gasteiger charge is -2.23. The van der Waals surface area contributed by atoms with Crippen molar-refractivity contribution >= 4 is 12.1 Å². The standard InChI is InChI=1S/C24H27NO6/c26-23(27)22(11-14-30-16-9-12-29-13-10-16)25-24(28)31-15-21-19-7-3-1-5-17(19)18-6-2-4-8-20(18)21/h1-8,16,21-22H,9-15H2,(H,25,28)(H,26,27)/t22-/m0/s1. The zero-order chi connectivity index (χ0) is 21.6. The molecule has 2 aliphatic rings. The summed E-state index contributed by atoms with van der Waals surface area (Å²) in [5.41, 5.74) is 4.49. The van der Waals surface area contributed by atoms with Gasteiger partial charge in [-0.2, -0.15) is 0 Å². The van der Waals surface area contributed by atoms with E-state index in [-0.39, 0.29) is 31.7 Å². The van der Waals surface area contributed by atoms with Gasteiger partial charge in [-0.25, -0.2) is 9.59 Å². The molecule has 1 amide bonds. The molecule has 0 radical (unpaired) electrons. The lowest BCUT2D eigenvalue weighted by Crippen LogP contribution is -2.42. The van der Waals surface area contributed by atoms with E-state index in [0.717, 1.165) is 35.1 Å². The van der Waals surface area contributed by atoms with Gasteiger partial charge >= 0.3 is 12.1 Å². The van der Waals surface area contributed by atoms with Crippen LogP contribution in [-0.4, -0.2) is 55.7 Å². The van der Waals surface area contributed by atoms with Gasteiger partial charge < -0.3 is 24.6 Å². The smallest absolute Gasteiger partial charge is 0.407 e. The summed E-state index contributed by atoms with van der Waals surface area (Å²) in [5, 5.41) is 11.9. The van der Waals surface area contributed by atoms with Crippen LogP contribution in [0.3, 0.4) is 0 Å². The average molecular weight is 425 g/mol. The summed E-state index contributed by atoms with van der Waals surface area (Å²) in [6.07, 6.45) is 1.13. The Hall–Kier alpha value is -2.90. The molecule has 2 N–H and O–H groups in total. The lowest BCUT2D eigenvalue weighted by atomic mass is 9.98. The van der Waals surface area contributed by atoms with Gasteiger partial charge in [-0.05, 0) is 35.1 Å². The molecule has 0 aromatic heterocycles. The Bertz CT molecular complexity index is 878. The molecule has 164 valence electrons. The summed E-state index contributed by atoms with van der Waals surface area (Å²) in [6, 6.07) is 15.1. The van der Waals surface area contributed by atoms with Crippen molar-refractivity contribution in [2.24, 2.45) is 0 Å². The number of carboxylic acid groups (broad SMARTS) is 1. The van der Waals surface area contributed by atoms with Gasteiger partial charge in [-0.15, -0.1) is 0 Å². The number of ether oxygens (including phenoxy) is 3. The van der Waals surface area contributed by atoms with Crippen LogP contribution < -0.4 is 5.32 Å². The Morgan fingerprint density at radius 1 is 1.03 bits per heavy atom. The minimum absolute atomic E-state index is 0.0710. The van der Waals surface area contributed by atoms with E-state index in [4.69, 9.17) is 14.2 Å². The number of carbonyl (C=O) groups is 2. The minimum Gasteiger partial charge on any atom is -0.480 e. The van der Waals surface area contributed by atoms with Gasteiger partial charge in [0.25, 0.3) is 0 Å². The highest BCUT2D eigenvalue weighted by Crippen LogP contribution is 2.44. The molecule has 1 aliphatic carbocycles. The maximum absolute atomic E-state index is 12.3. The van der Waals surface area contributed by atoms with Crippen LogP contribution in [0.5, 0.6) is 0 Å². The number of fused-ring (bicyclic) bond motifs is 3. The van der Waals surface area contributed by atoms with Crippen molar-refractivity contribution in [1.29, 1.82) is 0 Å². The molecule has 1 atom stereocenters. The molecule has 7 heteroatoms. The number of aliphatic carboxylic acids is 1. The van der Waals surface area contributed by atoms with Crippen molar-refractivity contribution in [3.05, 3.63) is 59.7 Å². The molecule has 1 saturated heterocycles. The fourth-order valence-corrected chi connectivity index (χ4v) is 4.23. The van der Waals surface area contributed by atoms with Crippen LogP contribution in [0.25, 0.3) is 11.1 Å². The topological polar surface area (TPSA) is 94.1 Å². The SMILES string of the molecule is O=C(N[C@@H](CCOC1CCOCC1)C(=O)O)OCC1c2ccccc2-c2ccccc21. The molecule has 0 saturated carbocycles. The van der Waals surface area contributed by atoms with E-state index in [9.17, 15) is 14.7 Å². The predicted molar refractivity (Wildman–Crippen MR) is 114 cm³/mol. The monoisotopic (exact) mass is 425 g/mol. The van der Waals surface area contributed by atoms with Crippen LogP contribution in [0.2, 0.25) is 0 Å². The maximum Gasteiger partial charge on any atom is 0.407 e. The second-order valence-corrected chi connectivity index (χ2v) is 7.83. The molecule has 1 fully saturated rings. The van der Waals surface area contributed by atoms with E-state index in [1.807, 2.05) is 36.4 Å². The van der Waals surface area contributed by atoms with Gasteiger partial charge in [0, 0.05) is 32.2 Å². The lowest BCUT2D eigenvalue weighted by molar-refractivity contribution is -0.140. The molecule has 0 unspecified atom stereocenters. The molecular weight excluding hydrogens is 398 g/mol. The number of hydrogen-bond donors (Lipinski definition) is 2. The van der Waals surface area contributed by atoms with E-state index in [1.165, 1.54) is 0 Å². The summed E-state index contributed by atoms with van der Waals surface area (Å²) < 4.78 is 16.5. The number of rotatable bonds is 8. The molecule has 0 bridgehead atoms. The molecule has 31 heavy (non-hydrogen) atoms. The van der Waals surface area contributed by atoms with E-state index in [0.29, 0.717) is 13.2 Å². The summed E-state index contributed by atoms with van der Waals surface area (Å²) >= 11 is 0. The number of nitrogens with one attached hydrogen (secondary N) is 1. The van der Waals surface area contributed by atoms with Crippen molar-refractivity contribution < 1.29 is 28.9 Å².